The number of halogens is 5. The number of thioether (sulfide) groups is 2. The number of carbonyl (C=O) groups excluding carboxylic acids is 3. The summed E-state index contributed by atoms with van der Waals surface area (Å²) in [7, 11) is -3.26. The summed E-state index contributed by atoms with van der Waals surface area (Å²) >= 11 is 39.4. The number of fused-ring (bicyclic) bond motifs is 5. The van der Waals surface area contributed by atoms with Crippen LogP contribution in [0, 0.1) is 4.77 Å². The van der Waals surface area contributed by atoms with Crippen LogP contribution < -0.4 is 61.6 Å². The largest absolute Gasteiger partial charge is 0.497 e. The lowest BCUT2D eigenvalue weighted by Gasteiger charge is -2.15. The second-order valence-electron chi connectivity index (χ2n) is 35.0. The number of H-pyrrole nitrogens is 1. The van der Waals surface area contributed by atoms with Gasteiger partial charge in [-0.25, -0.2) is 45.8 Å². The Morgan fingerprint density at radius 2 is 0.788 bits per heavy atom. The van der Waals surface area contributed by atoms with Gasteiger partial charge in [-0.15, -0.1) is 37.1 Å². The van der Waals surface area contributed by atoms with Gasteiger partial charge < -0.3 is 46.2 Å². The van der Waals surface area contributed by atoms with Crippen LogP contribution in [0.5, 0.6) is 28.7 Å². The number of carbonyl (C=O) groups is 3. The lowest BCUT2D eigenvalue weighted by molar-refractivity contribution is -0.116. The van der Waals surface area contributed by atoms with E-state index in [1.807, 2.05) is 83.4 Å². The van der Waals surface area contributed by atoms with E-state index in [2.05, 4.69) is 135 Å². The number of Topliss-reactive ketones (excluding diaryl/α,β-unsaturated/α-hetero) is 2. The number of hydrogen-bond acceptors (Lipinski definition) is 27. The number of methoxy groups -OCH3 is 5. The quantitative estimate of drug-likeness (QED) is 0.00709. The number of primary sulfonamides is 3. The fraction of sp³-hybridized carbons (Fsp3) is 0.243. The zero-order chi connectivity index (χ0) is 104. The van der Waals surface area contributed by atoms with E-state index in [4.69, 9.17) is 127 Å². The first kappa shape index (κ1) is 107. The highest BCUT2D eigenvalue weighted by molar-refractivity contribution is 9.10. The number of amides is 1. The second-order valence-corrected chi connectivity index (χ2v) is 44.4. The number of rotatable bonds is 29. The minimum atomic E-state index is -3.88. The van der Waals surface area contributed by atoms with Crippen molar-refractivity contribution in [3.8, 4) is 45.8 Å². The maximum Gasteiger partial charge on any atom is 0.239 e. The SMILES string of the molecule is COc1ccc2c(C3CC3)ccc(-n3c(Br)nnc3SCC(=O)Cc3ccc(S(N)(=O)=O)cc3Cl)c2c1.COc1ccc2c(C3CC3)ccc(-n3c(N)n[nH]c3=S)c2c1.COc1ccc2c(C3CC3)ccc(-n3c(N)nnc3SCC(=O)Cc3ccc(S(N)(=O)=O)cc3Cl)c2c1.COc1ccc2c(C3CC3)ccc(N)c2c1.COc1ccc2c(C3CC3)ccc(N=C=S)c2c1.NS(=O)(=O)c1ccc(NC(=O)CCl)c(Cl)c1. The molecule has 0 radical (unpaired) electrons. The molecule has 3 aromatic heterocycles. The van der Waals surface area contributed by atoms with E-state index in [0.717, 1.165) is 107 Å². The van der Waals surface area contributed by atoms with Crippen LogP contribution in [0.3, 0.4) is 0 Å². The monoisotopic (exact) mass is 2240 g/mol. The smallest absolute Gasteiger partial charge is 0.239 e. The van der Waals surface area contributed by atoms with Crippen molar-refractivity contribution in [2.45, 2.75) is 132 Å². The maximum absolute atomic E-state index is 12.8. The van der Waals surface area contributed by atoms with Crippen LogP contribution >= 0.6 is 110 Å². The molecular weight excluding hydrogens is 2150 g/mol. The molecule has 31 nitrogen and oxygen atoms in total. The summed E-state index contributed by atoms with van der Waals surface area (Å²) in [4.78, 5) is 40.3. The molecule has 5 fully saturated rings. The van der Waals surface area contributed by atoms with Gasteiger partial charge >= 0.3 is 0 Å². The predicted molar refractivity (Wildman–Crippen MR) is 587 cm³/mol. The minimum Gasteiger partial charge on any atom is -0.497 e. The molecule has 0 saturated heterocycles. The molecule has 146 heavy (non-hydrogen) atoms. The number of ketones is 2. The molecule has 13 aromatic carbocycles. The average molecular weight is 2240 g/mol. The molecule has 5 aliphatic rings. The molecule has 0 spiro atoms. The Hall–Kier alpha value is -12.1. The van der Waals surface area contributed by atoms with Crippen LogP contribution in [0.4, 0.5) is 29.0 Å². The number of aromatic amines is 1. The average Bonchev–Trinajstić information content (AvgIpc) is 1.50. The van der Waals surface area contributed by atoms with Gasteiger partial charge in [-0.2, -0.15) is 4.99 Å². The van der Waals surface area contributed by atoms with Crippen molar-refractivity contribution in [2.24, 2.45) is 20.4 Å². The molecule has 0 atom stereocenters. The van der Waals surface area contributed by atoms with E-state index >= 15 is 0 Å². The van der Waals surface area contributed by atoms with Gasteiger partial charge in [-0.1, -0.05) is 131 Å². The van der Waals surface area contributed by atoms with Crippen LogP contribution in [0.2, 0.25) is 15.1 Å². The topological polar surface area (TPSA) is 475 Å². The number of hydrogen-bond donors (Lipinski definition) is 8. The zero-order valence-electron chi connectivity index (χ0n) is 79.1. The van der Waals surface area contributed by atoms with E-state index in [0.29, 0.717) is 60.6 Å². The van der Waals surface area contributed by atoms with Gasteiger partial charge in [-0.05, 0) is 333 Å². The molecule has 3 heterocycles. The highest BCUT2D eigenvalue weighted by atomic mass is 79.9. The van der Waals surface area contributed by atoms with Crippen molar-refractivity contribution in [3.63, 3.8) is 0 Å². The van der Waals surface area contributed by atoms with Crippen molar-refractivity contribution in [3.05, 3.63) is 270 Å². The Morgan fingerprint density at radius 1 is 0.438 bits per heavy atom. The molecule has 14 N–H and O–H groups in total. The third-order valence-electron chi connectivity index (χ3n) is 25.0. The van der Waals surface area contributed by atoms with Crippen LogP contribution in [-0.2, 0) is 57.3 Å². The molecule has 43 heteroatoms. The number of sulfonamides is 3. The molecule has 5 saturated carbocycles. The first-order valence-electron chi connectivity index (χ1n) is 45.7. The van der Waals surface area contributed by atoms with Gasteiger partial charge in [0, 0.05) is 55.5 Å². The number of thiocarbonyl (C=S) groups is 1. The molecule has 16 aromatic rings. The van der Waals surface area contributed by atoms with Gasteiger partial charge in [0.25, 0.3) is 0 Å². The standard InChI is InChI=1S/C25H22BrClN4O4S2.C25H24ClN5O4S2.C16H16N4OS.C15H13NOS.C14H15NO.C8H8Cl2N2O3S/c1-35-17-5-7-20-19(14-2-3-14)8-9-23(21(20)11-17)31-24(26)29-30-25(31)36-13-16(32)10-15-4-6-18(12-22(15)27)37(28,33)34;1-35-17-5-7-20-19(14-2-3-14)8-9-23(21(20)11-17)31-24(27)29-30-25(31)36-13-16(32)10-15-4-6-18(12-22(15)26)37(28,33)34;1-21-10-4-5-12-11(9-2-3-9)6-7-14(13(12)8-10)20-15(17)18-19-16(20)22;1-17-11-4-5-13-12(10-2-3-10)6-7-15(16-9-18)14(13)8-11;1-16-10-4-5-12-11(9-2-3-9)6-7-14(15)13(12)8-10;9-4-8(13)12-7-2-1-5(3-6(7)10)16(11,14)15/h4-9,11-12,14H,2-3,10,13H2,1H3,(H2,28,33,34);4-9,11-12,14H,2-3,10,13H2,1H3,(H2,27,29)(H2,28,33,34);4-9H,2-3H2,1H3,(H2,17,18)(H,19,22);4-8,10H,2-3H2,1H3;4-9H,2-3,15H2,1H3;1-3H,4H2,(H,12,13)(H2,11,14,15). The summed E-state index contributed by atoms with van der Waals surface area (Å²) in [5.74, 6) is 7.16. The van der Waals surface area contributed by atoms with E-state index in [-0.39, 0.29) is 83.2 Å². The maximum atomic E-state index is 12.8. The number of nitrogens with one attached hydrogen (secondary N) is 2. The first-order valence-corrected chi connectivity index (χ1v) is 55.6. The normalized spacial score (nSPS) is 13.8. The summed E-state index contributed by atoms with van der Waals surface area (Å²) in [6.45, 7) is 0. The third-order valence-corrected chi connectivity index (χ3v) is 31.9. The van der Waals surface area contributed by atoms with Crippen LogP contribution in [0.15, 0.2) is 241 Å². The highest BCUT2D eigenvalue weighted by Gasteiger charge is 2.33. The summed E-state index contributed by atoms with van der Waals surface area (Å²) in [5, 5.41) is 56.3. The Morgan fingerprint density at radius 3 is 1.16 bits per heavy atom. The summed E-state index contributed by atoms with van der Waals surface area (Å²) in [5.41, 5.74) is 30.7. The van der Waals surface area contributed by atoms with Gasteiger partial charge in [0.2, 0.25) is 57.4 Å². The lowest BCUT2D eigenvalue weighted by atomic mass is 9.99. The summed E-state index contributed by atoms with van der Waals surface area (Å²) in [6, 6.07) is 63.3. The Balaban J connectivity index is 0.000000130. The molecule has 1 amide bonds. The van der Waals surface area contributed by atoms with E-state index in [1.54, 1.807) is 44.7 Å². The summed E-state index contributed by atoms with van der Waals surface area (Å²) < 4.78 is 101. The number of anilines is 4. The summed E-state index contributed by atoms with van der Waals surface area (Å²) in [6.07, 6.45) is 12.5. The molecule has 0 aliphatic heterocycles. The number of benzene rings is 13. The molecular formula is C103H98BrCl4N17O14S7. The molecule has 756 valence electrons. The van der Waals surface area contributed by atoms with Crippen LogP contribution in [0.25, 0.3) is 70.9 Å². The number of alkyl halides is 1. The number of nitrogens with two attached hydrogens (primary N) is 6. The second kappa shape index (κ2) is 46.1. The van der Waals surface area contributed by atoms with Crippen molar-refractivity contribution in [2.75, 3.05) is 75.5 Å². The highest BCUT2D eigenvalue weighted by Crippen LogP contribution is 2.51. The van der Waals surface area contributed by atoms with Crippen molar-refractivity contribution >= 4 is 246 Å². The molecule has 5 aliphatic carbocycles. The third kappa shape index (κ3) is 25.5. The van der Waals surface area contributed by atoms with E-state index < -0.39 is 36.0 Å². The Bertz CT molecular complexity index is 8040. The van der Waals surface area contributed by atoms with Crippen molar-refractivity contribution in [1.82, 2.24) is 44.3 Å². The van der Waals surface area contributed by atoms with E-state index in [1.165, 1.54) is 180 Å². The predicted octanol–water partition coefficient (Wildman–Crippen LogP) is 21.9. The molecule has 21 rings (SSSR count). The molecule has 0 bridgehead atoms. The number of isothiocyanates is 1. The number of nitrogen functional groups attached to an aromatic ring is 3. The number of aromatic nitrogens is 9. The van der Waals surface area contributed by atoms with Crippen LogP contribution in [0.1, 0.15) is 133 Å². The minimum absolute atomic E-state index is 0.0244. The molecule has 0 unspecified atom stereocenters. The lowest BCUT2D eigenvalue weighted by Crippen LogP contribution is -2.14. The van der Waals surface area contributed by atoms with E-state index in [9.17, 15) is 39.6 Å². The first-order chi connectivity index (χ1) is 70.0. The fourth-order valence-electron chi connectivity index (χ4n) is 17.0. The fourth-order valence-corrected chi connectivity index (χ4v) is 22.1. The number of nitrogens with zero attached hydrogens (tertiary/aromatic N) is 9. The zero-order valence-corrected chi connectivity index (χ0v) is 89.4. The van der Waals surface area contributed by atoms with Crippen molar-refractivity contribution < 1.29 is 63.3 Å². The number of aliphatic imine (C=N–C) groups is 1. The van der Waals surface area contributed by atoms with Gasteiger partial charge in [0.1, 0.15) is 46.2 Å². The Labute approximate surface area is 888 Å². The number of ether oxygens (including phenoxy) is 5. The van der Waals surface area contributed by atoms with Crippen molar-refractivity contribution in [1.29, 1.82) is 0 Å². The van der Waals surface area contributed by atoms with Gasteiger partial charge in [0.15, 0.2) is 10.3 Å². The van der Waals surface area contributed by atoms with Gasteiger partial charge in [-0.3, -0.25) is 28.1 Å². The van der Waals surface area contributed by atoms with Crippen LogP contribution in [-0.4, -0.2) is 145 Å². The van der Waals surface area contributed by atoms with Gasteiger partial charge in [0.05, 0.1) is 100 Å². The Kier molecular flexibility index (Phi) is 33.7.